The fourth-order valence-corrected chi connectivity index (χ4v) is 4.39. The SMILES string of the molecule is Cc1ccc(NC(=O)C(C)(C)C)cc1NC(=O)C1CC2CCCC(C1)C2N.Cl. The molecule has 6 heteroatoms. The largest absolute Gasteiger partial charge is 0.327 e. The summed E-state index contributed by atoms with van der Waals surface area (Å²) in [6, 6.07) is 5.92. The van der Waals surface area contributed by atoms with Gasteiger partial charge in [0.1, 0.15) is 0 Å². The van der Waals surface area contributed by atoms with Crippen molar-refractivity contribution in [3.8, 4) is 0 Å². The standard InChI is InChI=1S/C22H33N3O2.ClH/c1-13-8-9-17(24-21(27)22(2,3)4)12-18(13)25-20(26)16-10-14-6-5-7-15(11-16)19(14)23;/h8-9,12,14-16,19H,5-7,10-11,23H2,1-4H3,(H,24,27)(H,25,26);1H. The highest BCUT2D eigenvalue weighted by Crippen LogP contribution is 2.42. The number of aryl methyl sites for hydroxylation is 1. The molecule has 156 valence electrons. The van der Waals surface area contributed by atoms with Crippen molar-refractivity contribution < 1.29 is 9.59 Å². The van der Waals surface area contributed by atoms with Crippen LogP contribution < -0.4 is 16.4 Å². The Morgan fingerprint density at radius 2 is 1.68 bits per heavy atom. The molecule has 2 unspecified atom stereocenters. The smallest absolute Gasteiger partial charge is 0.229 e. The second-order valence-electron chi connectivity index (χ2n) is 9.42. The van der Waals surface area contributed by atoms with Crippen molar-refractivity contribution in [1.29, 1.82) is 0 Å². The molecule has 5 nitrogen and oxygen atoms in total. The fourth-order valence-electron chi connectivity index (χ4n) is 4.39. The van der Waals surface area contributed by atoms with Crippen molar-refractivity contribution in [2.45, 2.75) is 65.8 Å². The Balaban J connectivity index is 0.00000280. The van der Waals surface area contributed by atoms with Crippen molar-refractivity contribution in [2.75, 3.05) is 10.6 Å². The molecule has 3 rings (SSSR count). The lowest BCUT2D eigenvalue weighted by atomic mass is 9.65. The summed E-state index contributed by atoms with van der Waals surface area (Å²) in [6.45, 7) is 7.61. The number of rotatable bonds is 3. The van der Waals surface area contributed by atoms with Crippen molar-refractivity contribution >= 4 is 35.6 Å². The van der Waals surface area contributed by atoms with Crippen LogP contribution in [-0.4, -0.2) is 17.9 Å². The van der Waals surface area contributed by atoms with Crippen LogP contribution in [0.4, 0.5) is 11.4 Å². The van der Waals surface area contributed by atoms with E-state index in [0.29, 0.717) is 17.5 Å². The average Bonchev–Trinajstić information content (AvgIpc) is 2.56. The minimum atomic E-state index is -0.465. The van der Waals surface area contributed by atoms with E-state index in [-0.39, 0.29) is 36.2 Å². The first-order valence-electron chi connectivity index (χ1n) is 10.1. The summed E-state index contributed by atoms with van der Waals surface area (Å²) in [5.41, 5.74) is 8.35. The first kappa shape index (κ1) is 22.7. The van der Waals surface area contributed by atoms with Gasteiger partial charge in [-0.1, -0.05) is 33.3 Å². The highest BCUT2D eigenvalue weighted by atomic mass is 35.5. The third-order valence-corrected chi connectivity index (χ3v) is 6.22. The summed E-state index contributed by atoms with van der Waals surface area (Å²) in [7, 11) is 0. The molecule has 4 N–H and O–H groups in total. The predicted octanol–water partition coefficient (Wildman–Crippen LogP) is 4.49. The molecule has 0 spiro atoms. The van der Waals surface area contributed by atoms with Crippen LogP contribution in [0, 0.1) is 30.1 Å². The summed E-state index contributed by atoms with van der Waals surface area (Å²) < 4.78 is 0. The van der Waals surface area contributed by atoms with Gasteiger partial charge in [-0.15, -0.1) is 12.4 Å². The molecule has 0 aromatic heterocycles. The number of nitrogens with one attached hydrogen (secondary N) is 2. The minimum Gasteiger partial charge on any atom is -0.327 e. The van der Waals surface area contributed by atoms with E-state index < -0.39 is 5.41 Å². The summed E-state index contributed by atoms with van der Waals surface area (Å²) in [4.78, 5) is 25.1. The number of hydrogen-bond donors (Lipinski definition) is 3. The van der Waals surface area contributed by atoms with E-state index in [0.717, 1.165) is 36.9 Å². The lowest BCUT2D eigenvalue weighted by molar-refractivity contribution is -0.123. The Bertz CT molecular complexity index is 715. The lowest BCUT2D eigenvalue weighted by Gasteiger charge is -2.43. The number of carbonyl (C=O) groups is 2. The van der Waals surface area contributed by atoms with E-state index in [2.05, 4.69) is 10.6 Å². The van der Waals surface area contributed by atoms with Crippen LogP contribution in [0.3, 0.4) is 0 Å². The topological polar surface area (TPSA) is 84.2 Å². The minimum absolute atomic E-state index is 0. The summed E-state index contributed by atoms with van der Waals surface area (Å²) >= 11 is 0. The quantitative estimate of drug-likeness (QED) is 0.689. The number of halogens is 1. The van der Waals surface area contributed by atoms with Gasteiger partial charge in [-0.25, -0.2) is 0 Å². The van der Waals surface area contributed by atoms with Gasteiger partial charge in [-0.3, -0.25) is 9.59 Å². The third kappa shape index (κ3) is 5.06. The number of fused-ring (bicyclic) bond motifs is 2. The van der Waals surface area contributed by atoms with Gasteiger partial charge in [-0.2, -0.15) is 0 Å². The molecule has 0 aliphatic heterocycles. The summed E-state index contributed by atoms with van der Waals surface area (Å²) in [5.74, 6) is 1.03. The number of carbonyl (C=O) groups excluding carboxylic acids is 2. The second kappa shape index (κ2) is 8.83. The molecule has 0 radical (unpaired) electrons. The fraction of sp³-hybridized carbons (Fsp3) is 0.636. The Morgan fingerprint density at radius 3 is 2.25 bits per heavy atom. The molecular formula is C22H34ClN3O2. The molecule has 1 aromatic rings. The van der Waals surface area contributed by atoms with Gasteiger partial charge in [-0.05, 0) is 62.1 Å². The van der Waals surface area contributed by atoms with Gasteiger partial charge in [0.05, 0.1) is 0 Å². The van der Waals surface area contributed by atoms with Gasteiger partial charge in [0, 0.05) is 28.7 Å². The molecule has 0 heterocycles. The zero-order chi connectivity index (χ0) is 19.8. The average molecular weight is 408 g/mol. The van der Waals surface area contributed by atoms with Crippen LogP contribution in [-0.2, 0) is 9.59 Å². The van der Waals surface area contributed by atoms with E-state index in [9.17, 15) is 9.59 Å². The monoisotopic (exact) mass is 407 g/mol. The van der Waals surface area contributed by atoms with E-state index in [4.69, 9.17) is 5.73 Å². The molecular weight excluding hydrogens is 374 g/mol. The normalized spacial score (nSPS) is 26.8. The van der Waals surface area contributed by atoms with Crippen LogP contribution >= 0.6 is 12.4 Å². The molecule has 2 aliphatic carbocycles. The molecule has 2 amide bonds. The molecule has 0 saturated heterocycles. The van der Waals surface area contributed by atoms with Crippen LogP contribution in [0.1, 0.15) is 58.4 Å². The molecule has 2 saturated carbocycles. The van der Waals surface area contributed by atoms with Gasteiger partial charge in [0.15, 0.2) is 0 Å². The lowest BCUT2D eigenvalue weighted by Crippen LogP contribution is -2.48. The Morgan fingerprint density at radius 1 is 1.07 bits per heavy atom. The molecule has 1 aromatic carbocycles. The predicted molar refractivity (Wildman–Crippen MR) is 117 cm³/mol. The van der Waals surface area contributed by atoms with Gasteiger partial charge >= 0.3 is 0 Å². The van der Waals surface area contributed by atoms with E-state index in [1.54, 1.807) is 0 Å². The number of anilines is 2. The van der Waals surface area contributed by atoms with E-state index in [1.807, 2.05) is 45.9 Å². The second-order valence-corrected chi connectivity index (χ2v) is 9.42. The maximum Gasteiger partial charge on any atom is 0.229 e. The van der Waals surface area contributed by atoms with Gasteiger partial charge in [0.2, 0.25) is 11.8 Å². The Labute approximate surface area is 174 Å². The van der Waals surface area contributed by atoms with Crippen LogP contribution in [0.2, 0.25) is 0 Å². The number of amides is 2. The van der Waals surface area contributed by atoms with E-state index in [1.165, 1.54) is 6.42 Å². The molecule has 2 aliphatic rings. The van der Waals surface area contributed by atoms with Crippen molar-refractivity contribution in [3.63, 3.8) is 0 Å². The van der Waals surface area contributed by atoms with Gasteiger partial charge < -0.3 is 16.4 Å². The molecule has 28 heavy (non-hydrogen) atoms. The maximum atomic E-state index is 12.9. The Hall–Kier alpha value is -1.59. The first-order valence-corrected chi connectivity index (χ1v) is 10.1. The van der Waals surface area contributed by atoms with Gasteiger partial charge in [0.25, 0.3) is 0 Å². The zero-order valence-electron chi connectivity index (χ0n) is 17.4. The van der Waals surface area contributed by atoms with Crippen LogP contribution in [0.25, 0.3) is 0 Å². The molecule has 2 bridgehead atoms. The van der Waals surface area contributed by atoms with Crippen LogP contribution in [0.5, 0.6) is 0 Å². The molecule has 2 fully saturated rings. The van der Waals surface area contributed by atoms with Crippen molar-refractivity contribution in [3.05, 3.63) is 23.8 Å². The number of nitrogens with two attached hydrogens (primary N) is 1. The number of hydrogen-bond acceptors (Lipinski definition) is 3. The van der Waals surface area contributed by atoms with Crippen molar-refractivity contribution in [1.82, 2.24) is 0 Å². The highest BCUT2D eigenvalue weighted by molar-refractivity contribution is 5.97. The number of benzene rings is 1. The Kier molecular flexibility index (Phi) is 7.16. The maximum absolute atomic E-state index is 12.9. The third-order valence-electron chi connectivity index (χ3n) is 6.22. The summed E-state index contributed by atoms with van der Waals surface area (Å²) in [5, 5.41) is 6.04. The molecule has 2 atom stereocenters. The first-order chi connectivity index (χ1) is 12.6. The van der Waals surface area contributed by atoms with Crippen LogP contribution in [0.15, 0.2) is 18.2 Å². The van der Waals surface area contributed by atoms with Crippen molar-refractivity contribution in [2.24, 2.45) is 28.9 Å². The van der Waals surface area contributed by atoms with E-state index >= 15 is 0 Å². The summed E-state index contributed by atoms with van der Waals surface area (Å²) in [6.07, 6.45) is 5.32. The zero-order valence-corrected chi connectivity index (χ0v) is 18.2. The highest BCUT2D eigenvalue weighted by Gasteiger charge is 2.40.